The van der Waals surface area contributed by atoms with Crippen LogP contribution < -0.4 is 9.21 Å². The smallest absolute Gasteiger partial charge is 0.246 e. The number of carbonyl (C=O) groups is 1. The van der Waals surface area contributed by atoms with Gasteiger partial charge in [-0.2, -0.15) is 0 Å². The molecule has 1 aliphatic heterocycles. The average Bonchev–Trinajstić information content (AvgIpc) is 2.73. The Hall–Kier alpha value is -2.25. The first-order valence-corrected chi connectivity index (χ1v) is 12.7. The van der Waals surface area contributed by atoms with E-state index in [4.69, 9.17) is 11.6 Å². The molecule has 168 valence electrons. The van der Waals surface area contributed by atoms with Crippen molar-refractivity contribution in [3.05, 3.63) is 58.6 Å². The van der Waals surface area contributed by atoms with Gasteiger partial charge in [-0.05, 0) is 50.1 Å². The van der Waals surface area contributed by atoms with Crippen molar-refractivity contribution in [2.75, 3.05) is 41.6 Å². The molecular weight excluding hydrogens is 434 g/mol. The second kappa shape index (κ2) is 9.49. The predicted octanol–water partition coefficient (Wildman–Crippen LogP) is 3.85. The quantitative estimate of drug-likeness (QED) is 0.652. The summed E-state index contributed by atoms with van der Waals surface area (Å²) in [4.78, 5) is 17.4. The van der Waals surface area contributed by atoms with Crippen LogP contribution in [0.1, 0.15) is 24.5 Å². The molecule has 1 amide bonds. The van der Waals surface area contributed by atoms with Crippen LogP contribution >= 0.6 is 11.6 Å². The normalized spacial score (nSPS) is 15.6. The van der Waals surface area contributed by atoms with Crippen molar-refractivity contribution < 1.29 is 13.2 Å². The van der Waals surface area contributed by atoms with Crippen LogP contribution in [0.5, 0.6) is 0 Å². The summed E-state index contributed by atoms with van der Waals surface area (Å²) in [5.74, 6) is -0.157. The van der Waals surface area contributed by atoms with Gasteiger partial charge in [-0.1, -0.05) is 42.3 Å². The third-order valence-corrected chi connectivity index (χ3v) is 7.12. The van der Waals surface area contributed by atoms with Crippen LogP contribution in [0.3, 0.4) is 0 Å². The van der Waals surface area contributed by atoms with Gasteiger partial charge in [0, 0.05) is 36.9 Å². The molecule has 0 bridgehead atoms. The predicted molar refractivity (Wildman–Crippen MR) is 128 cm³/mol. The first kappa shape index (κ1) is 23.4. The fraction of sp³-hybridized carbons (Fsp3) is 0.435. The first-order valence-electron chi connectivity index (χ1n) is 10.5. The number of amides is 1. The van der Waals surface area contributed by atoms with Crippen LogP contribution in [-0.4, -0.2) is 57.7 Å². The van der Waals surface area contributed by atoms with E-state index in [-0.39, 0.29) is 5.91 Å². The SMILES string of the molecule is CCC(C(=O)N1CCN(c2cc(Cl)ccc2C)CC1)N(c1ccc(C)cc1)S(C)(=O)=O. The number of carbonyl (C=O) groups excluding carboxylic acids is 1. The molecule has 1 fully saturated rings. The maximum atomic E-state index is 13.4. The fourth-order valence-corrected chi connectivity index (χ4v) is 5.41. The van der Waals surface area contributed by atoms with Gasteiger partial charge >= 0.3 is 0 Å². The van der Waals surface area contributed by atoms with Crippen LogP contribution in [0.2, 0.25) is 5.02 Å². The highest BCUT2D eigenvalue weighted by Crippen LogP contribution is 2.27. The number of benzene rings is 2. The molecule has 2 aromatic carbocycles. The summed E-state index contributed by atoms with van der Waals surface area (Å²) in [6.07, 6.45) is 1.55. The van der Waals surface area contributed by atoms with E-state index in [0.717, 1.165) is 23.1 Å². The van der Waals surface area contributed by atoms with E-state index in [0.29, 0.717) is 43.3 Å². The zero-order valence-electron chi connectivity index (χ0n) is 18.5. The van der Waals surface area contributed by atoms with Crippen molar-refractivity contribution in [1.82, 2.24) is 4.90 Å². The summed E-state index contributed by atoms with van der Waals surface area (Å²) in [7, 11) is -3.63. The Morgan fingerprint density at radius 3 is 2.23 bits per heavy atom. The number of hydrogen-bond acceptors (Lipinski definition) is 4. The van der Waals surface area contributed by atoms with E-state index in [9.17, 15) is 13.2 Å². The lowest BCUT2D eigenvalue weighted by molar-refractivity contribution is -0.132. The zero-order valence-corrected chi connectivity index (χ0v) is 20.1. The minimum atomic E-state index is -3.63. The lowest BCUT2D eigenvalue weighted by Gasteiger charge is -2.40. The van der Waals surface area contributed by atoms with Crippen molar-refractivity contribution in [1.29, 1.82) is 0 Å². The van der Waals surface area contributed by atoms with Crippen LogP contribution in [0, 0.1) is 13.8 Å². The van der Waals surface area contributed by atoms with E-state index in [1.165, 1.54) is 4.31 Å². The maximum Gasteiger partial charge on any atom is 0.246 e. The molecule has 2 aromatic rings. The molecule has 31 heavy (non-hydrogen) atoms. The van der Waals surface area contributed by atoms with Crippen LogP contribution in [0.25, 0.3) is 0 Å². The molecule has 6 nitrogen and oxygen atoms in total. The number of piperazine rings is 1. The van der Waals surface area contributed by atoms with Crippen LogP contribution in [0.15, 0.2) is 42.5 Å². The second-order valence-corrected chi connectivity index (χ2v) is 10.4. The van der Waals surface area contributed by atoms with Gasteiger partial charge in [-0.25, -0.2) is 8.42 Å². The number of aryl methyl sites for hydroxylation is 2. The lowest BCUT2D eigenvalue weighted by atomic mass is 10.1. The van der Waals surface area contributed by atoms with Crippen LogP contribution in [-0.2, 0) is 14.8 Å². The van der Waals surface area contributed by atoms with E-state index in [1.807, 2.05) is 51.1 Å². The molecule has 0 radical (unpaired) electrons. The van der Waals surface area contributed by atoms with Crippen molar-refractivity contribution in [3.63, 3.8) is 0 Å². The van der Waals surface area contributed by atoms with E-state index in [2.05, 4.69) is 4.90 Å². The largest absolute Gasteiger partial charge is 0.368 e. The van der Waals surface area contributed by atoms with Crippen molar-refractivity contribution in [2.45, 2.75) is 33.2 Å². The molecular formula is C23H30ClN3O3S. The summed E-state index contributed by atoms with van der Waals surface area (Å²) < 4.78 is 26.6. The van der Waals surface area contributed by atoms with Gasteiger partial charge in [-0.15, -0.1) is 0 Å². The Balaban J connectivity index is 1.78. The molecule has 0 N–H and O–H groups in total. The molecule has 1 saturated heterocycles. The van der Waals surface area contributed by atoms with Gasteiger partial charge in [0.2, 0.25) is 15.9 Å². The third kappa shape index (κ3) is 5.33. The zero-order chi connectivity index (χ0) is 22.8. The Kier molecular flexibility index (Phi) is 7.17. The summed E-state index contributed by atoms with van der Waals surface area (Å²) in [5.41, 5.74) is 3.76. The van der Waals surface area contributed by atoms with E-state index in [1.54, 1.807) is 17.0 Å². The highest BCUT2D eigenvalue weighted by atomic mass is 35.5. The monoisotopic (exact) mass is 463 g/mol. The van der Waals surface area contributed by atoms with Crippen molar-refractivity contribution >= 4 is 38.9 Å². The second-order valence-electron chi connectivity index (χ2n) is 8.06. The number of anilines is 2. The van der Waals surface area contributed by atoms with Gasteiger partial charge in [0.25, 0.3) is 0 Å². The maximum absolute atomic E-state index is 13.4. The summed E-state index contributed by atoms with van der Waals surface area (Å²) >= 11 is 6.17. The third-order valence-electron chi connectivity index (χ3n) is 5.70. The molecule has 8 heteroatoms. The van der Waals surface area contributed by atoms with Crippen molar-refractivity contribution in [3.8, 4) is 0 Å². The minimum Gasteiger partial charge on any atom is -0.368 e. The average molecular weight is 464 g/mol. The highest BCUT2D eigenvalue weighted by molar-refractivity contribution is 7.92. The van der Waals surface area contributed by atoms with Gasteiger partial charge in [0.1, 0.15) is 6.04 Å². The van der Waals surface area contributed by atoms with E-state index < -0.39 is 16.1 Å². The Bertz CT molecular complexity index is 1030. The Morgan fingerprint density at radius 1 is 1.06 bits per heavy atom. The van der Waals surface area contributed by atoms with Crippen LogP contribution in [0.4, 0.5) is 11.4 Å². The van der Waals surface area contributed by atoms with Gasteiger partial charge in [0.05, 0.1) is 11.9 Å². The van der Waals surface area contributed by atoms with Gasteiger partial charge < -0.3 is 9.80 Å². The fourth-order valence-electron chi connectivity index (χ4n) is 4.04. The lowest BCUT2D eigenvalue weighted by Crippen LogP contribution is -2.56. The number of rotatable bonds is 6. The van der Waals surface area contributed by atoms with Gasteiger partial charge in [0.15, 0.2) is 0 Å². The topological polar surface area (TPSA) is 60.9 Å². The number of halogens is 1. The Morgan fingerprint density at radius 2 is 1.68 bits per heavy atom. The Labute approximate surface area is 190 Å². The molecule has 1 atom stereocenters. The molecule has 1 heterocycles. The molecule has 1 aliphatic rings. The standard InChI is InChI=1S/C23H30ClN3O3S/c1-5-21(27(31(4,29)30)20-10-6-17(2)7-11-20)23(28)26-14-12-25(13-15-26)22-16-19(24)9-8-18(22)3/h6-11,16,21H,5,12-15H2,1-4H3. The summed E-state index contributed by atoms with van der Waals surface area (Å²) in [6.45, 7) is 8.25. The number of nitrogens with zero attached hydrogens (tertiary/aromatic N) is 3. The number of hydrogen-bond donors (Lipinski definition) is 0. The molecule has 0 aliphatic carbocycles. The van der Waals surface area contributed by atoms with Gasteiger partial charge in [-0.3, -0.25) is 9.10 Å². The molecule has 3 rings (SSSR count). The minimum absolute atomic E-state index is 0.157. The molecule has 1 unspecified atom stereocenters. The molecule has 0 spiro atoms. The highest BCUT2D eigenvalue weighted by Gasteiger charge is 2.35. The van der Waals surface area contributed by atoms with E-state index >= 15 is 0 Å². The molecule has 0 saturated carbocycles. The number of sulfonamides is 1. The summed E-state index contributed by atoms with van der Waals surface area (Å²) in [6, 6.07) is 12.3. The first-order chi connectivity index (χ1) is 14.6. The molecule has 0 aromatic heterocycles. The summed E-state index contributed by atoms with van der Waals surface area (Å²) in [5, 5.41) is 0.687. The van der Waals surface area contributed by atoms with Crippen molar-refractivity contribution in [2.24, 2.45) is 0 Å².